The molecule has 0 bridgehead atoms. The van der Waals surface area contributed by atoms with E-state index in [9.17, 15) is 5.11 Å². The Morgan fingerprint density at radius 2 is 1.43 bits per heavy atom. The van der Waals surface area contributed by atoms with Crippen molar-refractivity contribution < 1.29 is 5.11 Å². The maximum Gasteiger partial charge on any atom is 0.0897 e. The molecule has 1 heterocycles. The minimum absolute atomic E-state index is 0.0548. The van der Waals surface area contributed by atoms with E-state index in [0.29, 0.717) is 0 Å². The van der Waals surface area contributed by atoms with Gasteiger partial charge in [0.05, 0.1) is 12.1 Å². The van der Waals surface area contributed by atoms with Crippen LogP contribution >= 0.6 is 0 Å². The van der Waals surface area contributed by atoms with Crippen molar-refractivity contribution in [1.29, 1.82) is 0 Å². The zero-order chi connectivity index (χ0) is 15.8. The van der Waals surface area contributed by atoms with Gasteiger partial charge in [0.2, 0.25) is 0 Å². The van der Waals surface area contributed by atoms with E-state index in [4.69, 9.17) is 5.73 Å². The second-order valence-electron chi connectivity index (χ2n) is 6.78. The van der Waals surface area contributed by atoms with Crippen LogP contribution in [0.2, 0.25) is 0 Å². The number of nitrogens with zero attached hydrogens (tertiary/aromatic N) is 1. The summed E-state index contributed by atoms with van der Waals surface area (Å²) in [5.74, 6) is 0. The van der Waals surface area contributed by atoms with E-state index in [-0.39, 0.29) is 12.1 Å². The van der Waals surface area contributed by atoms with Crippen LogP contribution in [-0.2, 0) is 12.8 Å². The molecule has 0 aromatic heterocycles. The van der Waals surface area contributed by atoms with E-state index in [1.54, 1.807) is 0 Å². The van der Waals surface area contributed by atoms with Crippen LogP contribution in [0, 0.1) is 0 Å². The van der Waals surface area contributed by atoms with Gasteiger partial charge in [-0.15, -0.1) is 0 Å². The van der Waals surface area contributed by atoms with Crippen LogP contribution in [0.1, 0.15) is 30.4 Å². The first-order chi connectivity index (χ1) is 11.3. The molecule has 2 aliphatic rings. The Morgan fingerprint density at radius 1 is 0.870 bits per heavy atom. The number of benzene rings is 2. The number of rotatable bonds is 1. The number of fused-ring (bicyclic) bond motifs is 2. The number of anilines is 2. The van der Waals surface area contributed by atoms with Crippen molar-refractivity contribution in [3.8, 4) is 0 Å². The highest BCUT2D eigenvalue weighted by atomic mass is 16.3. The third kappa shape index (κ3) is 2.54. The normalized spacial score (nSPS) is 27.0. The zero-order valence-corrected chi connectivity index (χ0v) is 13.4. The van der Waals surface area contributed by atoms with E-state index in [0.717, 1.165) is 32.1 Å². The fourth-order valence-corrected chi connectivity index (χ4v) is 4.14. The summed E-state index contributed by atoms with van der Waals surface area (Å²) in [6, 6.07) is 17.1. The second kappa shape index (κ2) is 5.99. The van der Waals surface area contributed by atoms with Crippen LogP contribution in [0.4, 0.5) is 11.4 Å². The molecule has 1 aliphatic heterocycles. The highest BCUT2D eigenvalue weighted by molar-refractivity contribution is 5.72. The third-order valence-corrected chi connectivity index (χ3v) is 5.37. The Labute approximate surface area is 137 Å². The molecule has 4 rings (SSSR count). The first kappa shape index (κ1) is 14.7. The standard InChI is InChI=1S/C20H24N2O/c21-16-8-5-11-19(20(16)23)22-17-9-3-1-6-14(17)12-13-15-7-2-4-10-18(15)22/h1-4,6-7,9-10,16,19-20,23H,5,8,11-13,21H2/t16-,19?,20+/m1/s1. The molecular weight excluding hydrogens is 284 g/mol. The van der Waals surface area contributed by atoms with Crippen molar-refractivity contribution >= 4 is 11.4 Å². The maximum absolute atomic E-state index is 10.8. The number of aliphatic hydroxyl groups is 1. The summed E-state index contributed by atoms with van der Waals surface area (Å²) in [4.78, 5) is 2.36. The van der Waals surface area contributed by atoms with Crippen molar-refractivity contribution in [2.24, 2.45) is 5.73 Å². The molecule has 1 saturated carbocycles. The molecule has 0 amide bonds. The smallest absolute Gasteiger partial charge is 0.0897 e. The van der Waals surface area contributed by atoms with Gasteiger partial charge in [-0.25, -0.2) is 0 Å². The molecule has 3 nitrogen and oxygen atoms in total. The van der Waals surface area contributed by atoms with E-state index >= 15 is 0 Å². The first-order valence-corrected chi connectivity index (χ1v) is 8.64. The van der Waals surface area contributed by atoms with Crippen LogP contribution in [0.25, 0.3) is 0 Å². The van der Waals surface area contributed by atoms with Crippen LogP contribution in [0.15, 0.2) is 48.5 Å². The van der Waals surface area contributed by atoms with Gasteiger partial charge in [0, 0.05) is 17.4 Å². The maximum atomic E-state index is 10.8. The van der Waals surface area contributed by atoms with Crippen molar-refractivity contribution in [2.75, 3.05) is 4.90 Å². The molecule has 0 spiro atoms. The van der Waals surface area contributed by atoms with Crippen LogP contribution in [-0.4, -0.2) is 23.3 Å². The molecule has 23 heavy (non-hydrogen) atoms. The lowest BCUT2D eigenvalue weighted by atomic mass is 9.86. The monoisotopic (exact) mass is 308 g/mol. The SMILES string of the molecule is N[C@@H]1CCCC(N2c3ccccc3CCc3ccccc32)[C@H]1O. The van der Waals surface area contributed by atoms with Crippen molar-refractivity contribution in [3.05, 3.63) is 59.7 Å². The summed E-state index contributed by atoms with van der Waals surface area (Å²) < 4.78 is 0. The highest BCUT2D eigenvalue weighted by Gasteiger charge is 2.36. The zero-order valence-electron chi connectivity index (χ0n) is 13.4. The Morgan fingerprint density at radius 3 is 2.04 bits per heavy atom. The van der Waals surface area contributed by atoms with Crippen molar-refractivity contribution in [1.82, 2.24) is 0 Å². The average molecular weight is 308 g/mol. The van der Waals surface area contributed by atoms with Crippen molar-refractivity contribution in [2.45, 2.75) is 50.3 Å². The van der Waals surface area contributed by atoms with Gasteiger partial charge in [-0.1, -0.05) is 36.4 Å². The first-order valence-electron chi connectivity index (χ1n) is 8.64. The summed E-state index contributed by atoms with van der Waals surface area (Å²) in [6.45, 7) is 0. The minimum Gasteiger partial charge on any atom is -0.389 e. The van der Waals surface area contributed by atoms with Crippen LogP contribution in [0.3, 0.4) is 0 Å². The van der Waals surface area contributed by atoms with E-state index < -0.39 is 6.10 Å². The molecule has 2 aromatic carbocycles. The predicted octanol–water partition coefficient (Wildman–Crippen LogP) is 3.16. The van der Waals surface area contributed by atoms with Crippen LogP contribution < -0.4 is 10.6 Å². The van der Waals surface area contributed by atoms with Gasteiger partial charge < -0.3 is 15.7 Å². The molecule has 1 fully saturated rings. The Bertz CT molecular complexity index is 652. The number of hydrogen-bond donors (Lipinski definition) is 2. The average Bonchev–Trinajstić information content (AvgIpc) is 2.75. The number of para-hydroxylation sites is 2. The van der Waals surface area contributed by atoms with Gasteiger partial charge in [-0.05, 0) is 55.4 Å². The predicted molar refractivity (Wildman–Crippen MR) is 94.1 cm³/mol. The van der Waals surface area contributed by atoms with E-state index in [1.165, 1.54) is 22.5 Å². The topological polar surface area (TPSA) is 49.5 Å². The third-order valence-electron chi connectivity index (χ3n) is 5.37. The molecular formula is C20H24N2O. The number of aliphatic hydroxyl groups excluding tert-OH is 1. The lowest BCUT2D eigenvalue weighted by molar-refractivity contribution is 0.0878. The molecule has 1 aliphatic carbocycles. The fourth-order valence-electron chi connectivity index (χ4n) is 4.14. The van der Waals surface area contributed by atoms with Gasteiger partial charge in [-0.2, -0.15) is 0 Å². The van der Waals surface area contributed by atoms with Gasteiger partial charge in [0.15, 0.2) is 0 Å². The molecule has 2 aromatic rings. The van der Waals surface area contributed by atoms with E-state index in [2.05, 4.69) is 53.4 Å². The fraction of sp³-hybridized carbons (Fsp3) is 0.400. The Kier molecular flexibility index (Phi) is 3.83. The van der Waals surface area contributed by atoms with Gasteiger partial charge in [0.25, 0.3) is 0 Å². The molecule has 1 unspecified atom stereocenters. The quantitative estimate of drug-likeness (QED) is 0.851. The molecule has 3 heteroatoms. The summed E-state index contributed by atoms with van der Waals surface area (Å²) in [5, 5.41) is 10.8. The number of nitrogens with two attached hydrogens (primary N) is 1. The molecule has 3 N–H and O–H groups in total. The minimum atomic E-state index is -0.483. The molecule has 3 atom stereocenters. The van der Waals surface area contributed by atoms with Crippen LogP contribution in [0.5, 0.6) is 0 Å². The second-order valence-corrected chi connectivity index (χ2v) is 6.78. The summed E-state index contributed by atoms with van der Waals surface area (Å²) in [5.41, 5.74) is 11.4. The number of hydrogen-bond acceptors (Lipinski definition) is 3. The summed E-state index contributed by atoms with van der Waals surface area (Å²) in [6.07, 6.45) is 4.57. The summed E-state index contributed by atoms with van der Waals surface area (Å²) >= 11 is 0. The lowest BCUT2D eigenvalue weighted by Crippen LogP contribution is -2.53. The molecule has 0 saturated heterocycles. The Balaban J connectivity index is 1.86. The number of aryl methyl sites for hydroxylation is 2. The molecule has 120 valence electrons. The highest BCUT2D eigenvalue weighted by Crippen LogP contribution is 2.40. The van der Waals surface area contributed by atoms with E-state index in [1.807, 2.05) is 0 Å². The van der Waals surface area contributed by atoms with Gasteiger partial charge in [-0.3, -0.25) is 0 Å². The lowest BCUT2D eigenvalue weighted by Gasteiger charge is -2.42. The molecule has 0 radical (unpaired) electrons. The Hall–Kier alpha value is -1.84. The van der Waals surface area contributed by atoms with Gasteiger partial charge in [0.1, 0.15) is 0 Å². The largest absolute Gasteiger partial charge is 0.389 e. The summed E-state index contributed by atoms with van der Waals surface area (Å²) in [7, 11) is 0. The van der Waals surface area contributed by atoms with Crippen molar-refractivity contribution in [3.63, 3.8) is 0 Å². The van der Waals surface area contributed by atoms with Gasteiger partial charge >= 0.3 is 0 Å².